The topological polar surface area (TPSA) is 26.0 Å². The van der Waals surface area contributed by atoms with Gasteiger partial charge in [0.15, 0.2) is 0 Å². The number of rotatable bonds is 3. The second-order valence-corrected chi connectivity index (χ2v) is 5.44. The number of hydrogen-bond donors (Lipinski definition) is 1. The summed E-state index contributed by atoms with van der Waals surface area (Å²) in [5.41, 5.74) is 5.80. The summed E-state index contributed by atoms with van der Waals surface area (Å²) < 4.78 is 0. The molecule has 2 aliphatic carbocycles. The van der Waals surface area contributed by atoms with Crippen molar-refractivity contribution in [1.82, 2.24) is 0 Å². The van der Waals surface area contributed by atoms with Crippen LogP contribution < -0.4 is 5.73 Å². The summed E-state index contributed by atoms with van der Waals surface area (Å²) >= 11 is 0. The molecule has 1 nitrogen and oxygen atoms in total. The zero-order valence-electron chi connectivity index (χ0n) is 9.54. The van der Waals surface area contributed by atoms with Gasteiger partial charge in [-0.25, -0.2) is 0 Å². The number of nitrogens with two attached hydrogens (primary N) is 1. The van der Waals surface area contributed by atoms with E-state index >= 15 is 0 Å². The maximum atomic E-state index is 5.80. The zero-order chi connectivity index (χ0) is 9.97. The molecule has 4 unspecified atom stereocenters. The summed E-state index contributed by atoms with van der Waals surface area (Å²) in [7, 11) is 0. The highest BCUT2D eigenvalue weighted by Crippen LogP contribution is 2.46. The molecule has 14 heavy (non-hydrogen) atoms. The molecule has 2 aliphatic rings. The Labute approximate surface area is 88.4 Å². The lowest BCUT2D eigenvalue weighted by Gasteiger charge is -2.44. The fourth-order valence-electron chi connectivity index (χ4n) is 3.60. The molecular formula is C13H25N. The second kappa shape index (κ2) is 4.65. The van der Waals surface area contributed by atoms with Crippen molar-refractivity contribution in [2.75, 3.05) is 6.54 Å². The van der Waals surface area contributed by atoms with E-state index in [1.54, 1.807) is 0 Å². The van der Waals surface area contributed by atoms with Crippen molar-refractivity contribution in [3.05, 3.63) is 0 Å². The predicted molar refractivity (Wildman–Crippen MR) is 61.0 cm³/mol. The lowest BCUT2D eigenvalue weighted by molar-refractivity contribution is 0.0673. The van der Waals surface area contributed by atoms with Gasteiger partial charge in [-0.15, -0.1) is 0 Å². The average Bonchev–Trinajstić information content (AvgIpc) is 2.17. The van der Waals surface area contributed by atoms with Crippen LogP contribution in [0.3, 0.4) is 0 Å². The molecule has 2 rings (SSSR count). The molecule has 0 spiro atoms. The maximum Gasteiger partial charge on any atom is -0.00461 e. The average molecular weight is 195 g/mol. The minimum absolute atomic E-state index is 0.885. The van der Waals surface area contributed by atoms with Crippen LogP contribution in [0.2, 0.25) is 0 Å². The Hall–Kier alpha value is -0.0400. The normalized spacial score (nSPS) is 43.3. The van der Waals surface area contributed by atoms with Gasteiger partial charge in [0, 0.05) is 0 Å². The molecule has 2 fully saturated rings. The van der Waals surface area contributed by atoms with Gasteiger partial charge in [-0.3, -0.25) is 0 Å². The second-order valence-electron chi connectivity index (χ2n) is 5.44. The van der Waals surface area contributed by atoms with E-state index in [9.17, 15) is 0 Å². The molecule has 0 aromatic heterocycles. The van der Waals surface area contributed by atoms with E-state index in [4.69, 9.17) is 5.73 Å². The molecule has 0 saturated heterocycles. The van der Waals surface area contributed by atoms with Gasteiger partial charge in [-0.2, -0.15) is 0 Å². The van der Waals surface area contributed by atoms with E-state index in [2.05, 4.69) is 6.92 Å². The predicted octanol–water partition coefficient (Wildman–Crippen LogP) is 3.19. The highest BCUT2D eigenvalue weighted by molar-refractivity contribution is 4.88. The third-order valence-corrected chi connectivity index (χ3v) is 4.79. The van der Waals surface area contributed by atoms with Crippen LogP contribution in [0.5, 0.6) is 0 Å². The minimum Gasteiger partial charge on any atom is -0.330 e. The smallest absolute Gasteiger partial charge is 0.00461 e. The van der Waals surface area contributed by atoms with E-state index < -0.39 is 0 Å². The molecule has 0 aromatic carbocycles. The molecule has 0 bridgehead atoms. The van der Waals surface area contributed by atoms with E-state index in [1.807, 2.05) is 0 Å². The summed E-state index contributed by atoms with van der Waals surface area (Å²) in [5, 5.41) is 0. The third kappa shape index (κ3) is 1.98. The van der Waals surface area contributed by atoms with Crippen LogP contribution in [0, 0.1) is 23.7 Å². The molecular weight excluding hydrogens is 170 g/mol. The minimum atomic E-state index is 0.885. The van der Waals surface area contributed by atoms with Crippen molar-refractivity contribution in [3.8, 4) is 0 Å². The quantitative estimate of drug-likeness (QED) is 0.735. The Bertz CT molecular complexity index is 174. The Kier molecular flexibility index (Phi) is 3.48. The molecule has 0 aromatic rings. The fraction of sp³-hybridized carbons (Fsp3) is 1.00. The van der Waals surface area contributed by atoms with Crippen LogP contribution in [0.25, 0.3) is 0 Å². The summed E-state index contributed by atoms with van der Waals surface area (Å²) in [6, 6.07) is 0. The van der Waals surface area contributed by atoms with Gasteiger partial charge in [0.25, 0.3) is 0 Å². The van der Waals surface area contributed by atoms with Gasteiger partial charge in [-0.1, -0.05) is 32.6 Å². The Morgan fingerprint density at radius 2 is 2.00 bits per heavy atom. The molecule has 0 aliphatic heterocycles. The summed E-state index contributed by atoms with van der Waals surface area (Å²) in [6.07, 6.45) is 10.3. The molecule has 0 radical (unpaired) electrons. The molecule has 0 amide bonds. The maximum absolute atomic E-state index is 5.80. The first-order chi connectivity index (χ1) is 6.85. The van der Waals surface area contributed by atoms with Crippen LogP contribution in [-0.4, -0.2) is 6.54 Å². The monoisotopic (exact) mass is 195 g/mol. The zero-order valence-corrected chi connectivity index (χ0v) is 9.54. The van der Waals surface area contributed by atoms with Crippen molar-refractivity contribution >= 4 is 0 Å². The van der Waals surface area contributed by atoms with E-state index in [1.165, 1.54) is 44.9 Å². The van der Waals surface area contributed by atoms with Crippen molar-refractivity contribution in [2.45, 2.75) is 51.9 Å². The van der Waals surface area contributed by atoms with Crippen molar-refractivity contribution in [2.24, 2.45) is 29.4 Å². The molecule has 4 atom stereocenters. The molecule has 0 heterocycles. The van der Waals surface area contributed by atoms with Crippen LogP contribution in [0.15, 0.2) is 0 Å². The van der Waals surface area contributed by atoms with Crippen LogP contribution >= 0.6 is 0 Å². The van der Waals surface area contributed by atoms with Gasteiger partial charge >= 0.3 is 0 Å². The van der Waals surface area contributed by atoms with Gasteiger partial charge in [0.05, 0.1) is 0 Å². The van der Waals surface area contributed by atoms with Crippen molar-refractivity contribution < 1.29 is 0 Å². The first-order valence-electron chi connectivity index (χ1n) is 6.55. The third-order valence-electron chi connectivity index (χ3n) is 4.79. The van der Waals surface area contributed by atoms with Gasteiger partial charge in [0.1, 0.15) is 0 Å². The van der Waals surface area contributed by atoms with Crippen molar-refractivity contribution in [3.63, 3.8) is 0 Å². The van der Waals surface area contributed by atoms with E-state index in [-0.39, 0.29) is 0 Å². The molecule has 2 N–H and O–H groups in total. The lowest BCUT2D eigenvalue weighted by Crippen LogP contribution is -2.39. The number of hydrogen-bond acceptors (Lipinski definition) is 1. The van der Waals surface area contributed by atoms with Crippen LogP contribution in [0.1, 0.15) is 51.9 Å². The Morgan fingerprint density at radius 1 is 1.14 bits per heavy atom. The van der Waals surface area contributed by atoms with Gasteiger partial charge in [-0.05, 0) is 49.5 Å². The van der Waals surface area contributed by atoms with Gasteiger partial charge < -0.3 is 5.73 Å². The Morgan fingerprint density at radius 3 is 2.57 bits per heavy atom. The van der Waals surface area contributed by atoms with E-state index in [0.29, 0.717) is 0 Å². The van der Waals surface area contributed by atoms with E-state index in [0.717, 1.165) is 30.2 Å². The molecule has 2 saturated carbocycles. The van der Waals surface area contributed by atoms with Crippen LogP contribution in [0.4, 0.5) is 0 Å². The molecule has 82 valence electrons. The lowest BCUT2D eigenvalue weighted by atomic mass is 9.62. The first-order valence-corrected chi connectivity index (χ1v) is 6.55. The highest BCUT2D eigenvalue weighted by atomic mass is 14.6. The Balaban J connectivity index is 1.84. The van der Waals surface area contributed by atoms with Gasteiger partial charge in [0.2, 0.25) is 0 Å². The fourth-order valence-corrected chi connectivity index (χ4v) is 3.60. The first kappa shape index (κ1) is 10.5. The summed E-state index contributed by atoms with van der Waals surface area (Å²) in [6.45, 7) is 3.30. The molecule has 1 heteroatoms. The van der Waals surface area contributed by atoms with Crippen LogP contribution in [-0.2, 0) is 0 Å². The van der Waals surface area contributed by atoms with Crippen molar-refractivity contribution in [1.29, 1.82) is 0 Å². The summed E-state index contributed by atoms with van der Waals surface area (Å²) in [5.74, 6) is 3.97. The standard InChI is InChI=1S/C13H25N/c1-2-10-4-3-5-11(8-10)13-7-6-12(13)9-14/h10-13H,2-9,14H2,1H3. The summed E-state index contributed by atoms with van der Waals surface area (Å²) in [4.78, 5) is 0. The largest absolute Gasteiger partial charge is 0.330 e. The SMILES string of the molecule is CCC1CCCC(C2CCC2CN)C1. The highest BCUT2D eigenvalue weighted by Gasteiger charge is 2.37.